The van der Waals surface area contributed by atoms with Gasteiger partial charge in [0.1, 0.15) is 5.75 Å². The summed E-state index contributed by atoms with van der Waals surface area (Å²) < 4.78 is 5.59. The first-order valence-electron chi connectivity index (χ1n) is 7.52. The van der Waals surface area contributed by atoms with Gasteiger partial charge in [0.25, 0.3) is 0 Å². The normalized spacial score (nSPS) is 19.5. The van der Waals surface area contributed by atoms with Crippen LogP contribution in [0.4, 0.5) is 5.69 Å². The first kappa shape index (κ1) is 12.8. The van der Waals surface area contributed by atoms with Crippen molar-refractivity contribution in [1.82, 2.24) is 5.32 Å². The smallest absolute Gasteiger partial charge is 0.142 e. The van der Waals surface area contributed by atoms with Crippen LogP contribution >= 0.6 is 0 Å². The van der Waals surface area contributed by atoms with Crippen molar-refractivity contribution in [3.05, 3.63) is 23.8 Å². The monoisotopic (exact) mass is 260 g/mol. The lowest BCUT2D eigenvalue weighted by atomic mass is 10.1. The van der Waals surface area contributed by atoms with Gasteiger partial charge in [-0.2, -0.15) is 0 Å². The van der Waals surface area contributed by atoms with Gasteiger partial charge in [0.2, 0.25) is 0 Å². The van der Waals surface area contributed by atoms with Crippen molar-refractivity contribution in [1.29, 1.82) is 0 Å². The Kier molecular flexibility index (Phi) is 3.92. The Morgan fingerprint density at radius 3 is 2.68 bits per heavy atom. The number of nitrogens with zero attached hydrogens (tertiary/aromatic N) is 1. The van der Waals surface area contributed by atoms with Crippen molar-refractivity contribution in [2.45, 2.75) is 44.7 Å². The van der Waals surface area contributed by atoms with Crippen LogP contribution in [-0.2, 0) is 6.54 Å². The molecular weight excluding hydrogens is 236 g/mol. The first-order chi connectivity index (χ1) is 9.36. The standard InChI is InChI=1S/C16H24N2O/c1-19-16-11-13(12-17-14-6-7-14)5-8-15(16)18-9-3-2-4-10-18/h5,8,11,14,17H,2-4,6-7,9-10,12H2,1H3. The highest BCUT2D eigenvalue weighted by molar-refractivity contribution is 5.60. The molecule has 2 aliphatic rings. The predicted octanol–water partition coefficient (Wildman–Crippen LogP) is 2.94. The van der Waals surface area contributed by atoms with Gasteiger partial charge in [0, 0.05) is 25.7 Å². The zero-order valence-electron chi connectivity index (χ0n) is 11.8. The number of rotatable bonds is 5. The summed E-state index contributed by atoms with van der Waals surface area (Å²) in [4.78, 5) is 2.46. The molecule has 1 saturated carbocycles. The number of methoxy groups -OCH3 is 1. The molecule has 19 heavy (non-hydrogen) atoms. The molecule has 1 saturated heterocycles. The Balaban J connectivity index is 1.71. The molecule has 3 rings (SSSR count). The van der Waals surface area contributed by atoms with Crippen molar-refractivity contribution in [3.63, 3.8) is 0 Å². The summed E-state index contributed by atoms with van der Waals surface area (Å²) in [6.45, 7) is 3.29. The second-order valence-corrected chi connectivity index (χ2v) is 5.71. The molecule has 0 amide bonds. The van der Waals surface area contributed by atoms with E-state index < -0.39 is 0 Å². The Bertz CT molecular complexity index is 423. The van der Waals surface area contributed by atoms with Gasteiger partial charge in [-0.15, -0.1) is 0 Å². The number of ether oxygens (including phenoxy) is 1. The van der Waals surface area contributed by atoms with E-state index in [4.69, 9.17) is 4.74 Å². The minimum Gasteiger partial charge on any atom is -0.495 e. The lowest BCUT2D eigenvalue weighted by molar-refractivity contribution is 0.412. The van der Waals surface area contributed by atoms with Crippen molar-refractivity contribution in [2.75, 3.05) is 25.1 Å². The SMILES string of the molecule is COc1cc(CNC2CC2)ccc1N1CCCCC1. The minimum absolute atomic E-state index is 0.757. The van der Waals surface area contributed by atoms with E-state index in [9.17, 15) is 0 Å². The highest BCUT2D eigenvalue weighted by Crippen LogP contribution is 2.31. The maximum Gasteiger partial charge on any atom is 0.142 e. The average Bonchev–Trinajstić information content (AvgIpc) is 3.30. The third kappa shape index (κ3) is 3.21. The van der Waals surface area contributed by atoms with Gasteiger partial charge in [-0.1, -0.05) is 6.07 Å². The van der Waals surface area contributed by atoms with Gasteiger partial charge in [-0.05, 0) is 49.8 Å². The van der Waals surface area contributed by atoms with Gasteiger partial charge in [0.05, 0.1) is 12.8 Å². The maximum absolute atomic E-state index is 5.59. The number of nitrogens with one attached hydrogen (secondary N) is 1. The Morgan fingerprint density at radius 2 is 2.00 bits per heavy atom. The van der Waals surface area contributed by atoms with Crippen molar-refractivity contribution < 1.29 is 4.74 Å². The van der Waals surface area contributed by atoms with E-state index in [-0.39, 0.29) is 0 Å². The molecule has 0 radical (unpaired) electrons. The Hall–Kier alpha value is -1.22. The molecule has 104 valence electrons. The number of piperidine rings is 1. The van der Waals surface area contributed by atoms with E-state index in [1.165, 1.54) is 43.4 Å². The van der Waals surface area contributed by atoms with Crippen LogP contribution in [0.25, 0.3) is 0 Å². The van der Waals surface area contributed by atoms with Crippen LogP contribution in [0.2, 0.25) is 0 Å². The van der Waals surface area contributed by atoms with Crippen molar-refractivity contribution in [3.8, 4) is 5.75 Å². The summed E-state index contributed by atoms with van der Waals surface area (Å²) in [7, 11) is 1.78. The molecule has 0 atom stereocenters. The molecule has 0 unspecified atom stereocenters. The van der Waals surface area contributed by atoms with Crippen LogP contribution in [0.15, 0.2) is 18.2 Å². The number of hydrogen-bond donors (Lipinski definition) is 1. The van der Waals surface area contributed by atoms with Crippen LogP contribution in [0, 0.1) is 0 Å². The lowest BCUT2D eigenvalue weighted by Gasteiger charge is -2.30. The fraction of sp³-hybridized carbons (Fsp3) is 0.625. The highest BCUT2D eigenvalue weighted by atomic mass is 16.5. The predicted molar refractivity (Wildman–Crippen MR) is 78.9 cm³/mol. The third-order valence-corrected chi connectivity index (χ3v) is 4.11. The van der Waals surface area contributed by atoms with E-state index in [0.29, 0.717) is 0 Å². The molecule has 2 fully saturated rings. The maximum atomic E-state index is 5.59. The van der Waals surface area contributed by atoms with E-state index in [1.807, 2.05) is 0 Å². The topological polar surface area (TPSA) is 24.5 Å². The molecule has 1 N–H and O–H groups in total. The number of benzene rings is 1. The van der Waals surface area contributed by atoms with Crippen LogP contribution < -0.4 is 15.0 Å². The van der Waals surface area contributed by atoms with Crippen LogP contribution in [0.3, 0.4) is 0 Å². The van der Waals surface area contributed by atoms with Gasteiger partial charge in [0.15, 0.2) is 0 Å². The fourth-order valence-corrected chi connectivity index (χ4v) is 2.78. The molecule has 1 aromatic rings. The van der Waals surface area contributed by atoms with Crippen LogP contribution in [0.5, 0.6) is 5.75 Å². The minimum atomic E-state index is 0.757. The summed E-state index contributed by atoms with van der Waals surface area (Å²) in [6.07, 6.45) is 6.64. The number of anilines is 1. The Morgan fingerprint density at radius 1 is 1.21 bits per heavy atom. The molecule has 1 heterocycles. The van der Waals surface area contributed by atoms with E-state index in [1.54, 1.807) is 7.11 Å². The van der Waals surface area contributed by atoms with Crippen LogP contribution in [0.1, 0.15) is 37.7 Å². The molecule has 0 bridgehead atoms. The average molecular weight is 260 g/mol. The molecule has 1 aliphatic heterocycles. The summed E-state index contributed by atoms with van der Waals surface area (Å²) >= 11 is 0. The van der Waals surface area contributed by atoms with Crippen molar-refractivity contribution >= 4 is 5.69 Å². The Labute approximate surface area is 115 Å². The quantitative estimate of drug-likeness (QED) is 0.881. The van der Waals surface area contributed by atoms with E-state index >= 15 is 0 Å². The zero-order valence-corrected chi connectivity index (χ0v) is 11.8. The molecular formula is C16H24N2O. The lowest BCUT2D eigenvalue weighted by Crippen LogP contribution is -2.29. The molecule has 1 aliphatic carbocycles. The van der Waals surface area contributed by atoms with Gasteiger partial charge >= 0.3 is 0 Å². The summed E-state index contributed by atoms with van der Waals surface area (Å²) in [5.74, 6) is 1.02. The second-order valence-electron chi connectivity index (χ2n) is 5.71. The van der Waals surface area contributed by atoms with E-state index in [0.717, 1.165) is 31.4 Å². The fourth-order valence-electron chi connectivity index (χ4n) is 2.78. The number of hydrogen-bond acceptors (Lipinski definition) is 3. The molecule has 1 aromatic carbocycles. The van der Waals surface area contributed by atoms with Crippen LogP contribution in [-0.4, -0.2) is 26.2 Å². The van der Waals surface area contributed by atoms with E-state index in [2.05, 4.69) is 28.4 Å². The molecule has 3 nitrogen and oxygen atoms in total. The zero-order chi connectivity index (χ0) is 13.1. The molecule has 3 heteroatoms. The summed E-state index contributed by atoms with van der Waals surface area (Å²) in [5, 5.41) is 3.55. The highest BCUT2D eigenvalue weighted by Gasteiger charge is 2.20. The first-order valence-corrected chi connectivity index (χ1v) is 7.52. The molecule has 0 aromatic heterocycles. The van der Waals surface area contributed by atoms with Gasteiger partial charge in [-0.25, -0.2) is 0 Å². The third-order valence-electron chi connectivity index (χ3n) is 4.11. The second kappa shape index (κ2) is 5.83. The van der Waals surface area contributed by atoms with Gasteiger partial charge in [-0.3, -0.25) is 0 Å². The summed E-state index contributed by atoms with van der Waals surface area (Å²) in [5.41, 5.74) is 2.59. The van der Waals surface area contributed by atoms with Gasteiger partial charge < -0.3 is 15.0 Å². The molecule has 0 spiro atoms. The van der Waals surface area contributed by atoms with Crippen molar-refractivity contribution in [2.24, 2.45) is 0 Å². The largest absolute Gasteiger partial charge is 0.495 e. The summed E-state index contributed by atoms with van der Waals surface area (Å²) in [6, 6.07) is 7.42.